The molecule has 0 amide bonds. The van der Waals surface area contributed by atoms with Crippen molar-refractivity contribution in [2.75, 3.05) is 23.7 Å². The third-order valence-electron chi connectivity index (χ3n) is 4.71. The summed E-state index contributed by atoms with van der Waals surface area (Å²) in [7, 11) is -3.88. The molecule has 2 aromatic rings. The van der Waals surface area contributed by atoms with Crippen molar-refractivity contribution in [3.05, 3.63) is 29.5 Å². The first-order valence-corrected chi connectivity index (χ1v) is 11.5. The Labute approximate surface area is 167 Å². The molecule has 1 aromatic heterocycles. The number of rotatable bonds is 6. The number of nitrogens with one attached hydrogen (secondary N) is 1. The van der Waals surface area contributed by atoms with Crippen LogP contribution in [0, 0.1) is 18.3 Å². The van der Waals surface area contributed by atoms with Crippen LogP contribution in [0.2, 0.25) is 0 Å². The lowest BCUT2D eigenvalue weighted by atomic mass is 10.2. The van der Waals surface area contributed by atoms with Crippen LogP contribution in [-0.2, 0) is 21.3 Å². The van der Waals surface area contributed by atoms with Crippen molar-refractivity contribution < 1.29 is 17.9 Å². The van der Waals surface area contributed by atoms with Crippen molar-refractivity contribution >= 4 is 27.6 Å². The summed E-state index contributed by atoms with van der Waals surface area (Å²) < 4.78 is 41.2. The molecule has 148 valence electrons. The fourth-order valence-corrected chi connectivity index (χ4v) is 5.51. The molecule has 4 rings (SSSR count). The first-order chi connectivity index (χ1) is 13.5. The number of sulfonamides is 1. The Hall–Kier alpha value is -2.22. The monoisotopic (exact) mass is 420 g/mol. The van der Waals surface area contributed by atoms with Crippen LogP contribution in [0.25, 0.3) is 0 Å². The minimum absolute atomic E-state index is 0.0720. The maximum Gasteiger partial charge on any atom is 0.263 e. The number of thioether (sulfide) groups is 1. The summed E-state index contributed by atoms with van der Waals surface area (Å²) in [4.78, 5) is 4.39. The summed E-state index contributed by atoms with van der Waals surface area (Å²) >= 11 is 1.50. The standard InChI is InChI=1S/C18H20N4O4S2/c1-12-9-13(26-11-14-3-2-7-25-14)4-5-16(12)28(23,24)21-17-15(10-19)22-6-8-27-18(22)20-17/h4-5,9,14,21H,2-3,6-8,11H2,1H3/t14-/m0/s1. The number of aryl methyl sites for hydroxylation is 1. The minimum Gasteiger partial charge on any atom is -0.491 e. The van der Waals surface area contributed by atoms with E-state index in [4.69, 9.17) is 9.47 Å². The molecule has 0 spiro atoms. The van der Waals surface area contributed by atoms with Crippen molar-refractivity contribution in [1.29, 1.82) is 5.26 Å². The lowest BCUT2D eigenvalue weighted by Gasteiger charge is -2.14. The van der Waals surface area contributed by atoms with Crippen molar-refractivity contribution in [1.82, 2.24) is 9.55 Å². The average Bonchev–Trinajstić information content (AvgIpc) is 3.37. The van der Waals surface area contributed by atoms with Crippen LogP contribution in [0.3, 0.4) is 0 Å². The van der Waals surface area contributed by atoms with Gasteiger partial charge in [0.2, 0.25) is 0 Å². The molecule has 1 fully saturated rings. The molecule has 1 aromatic carbocycles. The maximum absolute atomic E-state index is 12.9. The number of hydrogen-bond acceptors (Lipinski definition) is 7. The van der Waals surface area contributed by atoms with Gasteiger partial charge in [-0.25, -0.2) is 13.4 Å². The summed E-state index contributed by atoms with van der Waals surface area (Å²) in [5, 5.41) is 10.1. The number of benzene rings is 1. The first-order valence-electron chi connectivity index (χ1n) is 8.99. The average molecular weight is 421 g/mol. The fourth-order valence-electron chi connectivity index (χ4n) is 3.32. The number of ether oxygens (including phenoxy) is 2. The van der Waals surface area contributed by atoms with E-state index in [2.05, 4.69) is 9.71 Å². The van der Waals surface area contributed by atoms with Crippen LogP contribution in [0.1, 0.15) is 24.1 Å². The molecule has 0 aliphatic carbocycles. The summed E-state index contributed by atoms with van der Waals surface area (Å²) in [5.41, 5.74) is 0.787. The topological polar surface area (TPSA) is 106 Å². The number of hydrogen-bond donors (Lipinski definition) is 1. The van der Waals surface area contributed by atoms with Gasteiger partial charge in [0.15, 0.2) is 16.7 Å². The molecule has 0 bridgehead atoms. The molecule has 0 radical (unpaired) electrons. The normalized spacial score (nSPS) is 18.6. The highest BCUT2D eigenvalue weighted by Crippen LogP contribution is 2.32. The second-order valence-electron chi connectivity index (χ2n) is 6.68. The van der Waals surface area contributed by atoms with Gasteiger partial charge in [0.1, 0.15) is 18.4 Å². The minimum atomic E-state index is -3.88. The highest BCUT2D eigenvalue weighted by molar-refractivity contribution is 7.99. The Morgan fingerprint density at radius 1 is 1.50 bits per heavy atom. The van der Waals surface area contributed by atoms with E-state index in [9.17, 15) is 13.7 Å². The summed E-state index contributed by atoms with van der Waals surface area (Å²) in [6.45, 7) is 3.57. The largest absolute Gasteiger partial charge is 0.491 e. The Morgan fingerprint density at radius 2 is 2.36 bits per heavy atom. The van der Waals surface area contributed by atoms with Gasteiger partial charge < -0.3 is 14.0 Å². The van der Waals surface area contributed by atoms with E-state index in [1.165, 1.54) is 17.8 Å². The van der Waals surface area contributed by atoms with Gasteiger partial charge >= 0.3 is 0 Å². The molecule has 1 saturated heterocycles. The highest BCUT2D eigenvalue weighted by atomic mass is 32.2. The van der Waals surface area contributed by atoms with Crippen LogP contribution in [0.4, 0.5) is 5.82 Å². The summed E-state index contributed by atoms with van der Waals surface area (Å²) in [6.07, 6.45) is 2.11. The van der Waals surface area contributed by atoms with Gasteiger partial charge in [0, 0.05) is 18.9 Å². The van der Waals surface area contributed by atoms with E-state index in [0.29, 0.717) is 29.6 Å². The summed E-state index contributed by atoms with van der Waals surface area (Å²) in [5.74, 6) is 1.50. The predicted molar refractivity (Wildman–Crippen MR) is 104 cm³/mol. The highest BCUT2D eigenvalue weighted by Gasteiger charge is 2.26. The maximum atomic E-state index is 12.9. The molecule has 2 aliphatic rings. The first kappa shape index (κ1) is 19.1. The number of aromatic nitrogens is 2. The molecule has 8 nitrogen and oxygen atoms in total. The second kappa shape index (κ2) is 7.66. The van der Waals surface area contributed by atoms with E-state index in [-0.39, 0.29) is 22.5 Å². The van der Waals surface area contributed by atoms with E-state index in [1.807, 2.05) is 6.07 Å². The third kappa shape index (κ3) is 3.70. The second-order valence-corrected chi connectivity index (χ2v) is 9.40. The molecule has 0 saturated carbocycles. The Balaban J connectivity index is 1.52. The Kier molecular flexibility index (Phi) is 5.23. The van der Waals surface area contributed by atoms with E-state index < -0.39 is 10.0 Å². The summed E-state index contributed by atoms with van der Waals surface area (Å²) in [6, 6.07) is 6.87. The number of fused-ring (bicyclic) bond motifs is 1. The van der Waals surface area contributed by atoms with Crippen LogP contribution in [-0.4, -0.2) is 43.0 Å². The molecule has 3 heterocycles. The molecule has 0 unspecified atom stereocenters. The SMILES string of the molecule is Cc1cc(OC[C@@H]2CCCO2)ccc1S(=O)(=O)Nc1nc2n(c1C#N)CCS2. The van der Waals surface area contributed by atoms with Gasteiger partial charge in [-0.1, -0.05) is 11.8 Å². The zero-order valence-electron chi connectivity index (χ0n) is 15.3. The van der Waals surface area contributed by atoms with Gasteiger partial charge in [-0.2, -0.15) is 5.26 Å². The van der Waals surface area contributed by atoms with Crippen molar-refractivity contribution in [2.24, 2.45) is 0 Å². The number of nitrogens with zero attached hydrogens (tertiary/aromatic N) is 3. The van der Waals surface area contributed by atoms with Crippen LogP contribution < -0.4 is 9.46 Å². The quantitative estimate of drug-likeness (QED) is 0.765. The molecular formula is C18H20N4O4S2. The van der Waals surface area contributed by atoms with Gasteiger partial charge in [0.05, 0.1) is 11.0 Å². The van der Waals surface area contributed by atoms with Crippen LogP contribution >= 0.6 is 11.8 Å². The van der Waals surface area contributed by atoms with Crippen LogP contribution in [0.5, 0.6) is 5.75 Å². The molecule has 10 heteroatoms. The van der Waals surface area contributed by atoms with E-state index >= 15 is 0 Å². The van der Waals surface area contributed by atoms with Crippen molar-refractivity contribution in [3.63, 3.8) is 0 Å². The van der Waals surface area contributed by atoms with Gasteiger partial charge in [0.25, 0.3) is 10.0 Å². The zero-order chi connectivity index (χ0) is 19.7. The number of anilines is 1. The van der Waals surface area contributed by atoms with Gasteiger partial charge in [-0.3, -0.25) is 4.72 Å². The molecule has 1 atom stereocenters. The number of imidazole rings is 1. The zero-order valence-corrected chi connectivity index (χ0v) is 17.0. The fraction of sp³-hybridized carbons (Fsp3) is 0.444. The molecule has 1 N–H and O–H groups in total. The smallest absolute Gasteiger partial charge is 0.263 e. The van der Waals surface area contributed by atoms with Crippen molar-refractivity contribution in [3.8, 4) is 11.8 Å². The van der Waals surface area contributed by atoms with Crippen LogP contribution in [0.15, 0.2) is 28.3 Å². The Bertz CT molecular complexity index is 1040. The predicted octanol–water partition coefficient (Wildman–Crippen LogP) is 2.53. The lowest BCUT2D eigenvalue weighted by Crippen LogP contribution is -2.17. The molecule has 2 aliphatic heterocycles. The lowest BCUT2D eigenvalue weighted by molar-refractivity contribution is 0.0679. The molecular weight excluding hydrogens is 400 g/mol. The van der Waals surface area contributed by atoms with Crippen molar-refractivity contribution in [2.45, 2.75) is 42.5 Å². The van der Waals surface area contributed by atoms with Gasteiger partial charge in [-0.15, -0.1) is 0 Å². The number of nitriles is 1. The van der Waals surface area contributed by atoms with Gasteiger partial charge in [-0.05, 0) is 43.5 Å². The van der Waals surface area contributed by atoms with E-state index in [0.717, 1.165) is 25.2 Å². The Morgan fingerprint density at radius 3 is 3.07 bits per heavy atom. The molecule has 28 heavy (non-hydrogen) atoms. The van der Waals surface area contributed by atoms with E-state index in [1.54, 1.807) is 23.6 Å². The third-order valence-corrected chi connectivity index (χ3v) is 7.17.